The zero-order valence-electron chi connectivity index (χ0n) is 10.7. The molecule has 0 bridgehead atoms. The molecular weight excluding hydrogens is 279 g/mol. The van der Waals surface area contributed by atoms with Crippen LogP contribution in [0.2, 0.25) is 0 Å². The first-order valence-corrected chi connectivity index (χ1v) is 6.19. The zero-order valence-corrected chi connectivity index (χ0v) is 10.7. The fourth-order valence-corrected chi connectivity index (χ4v) is 2.01. The molecule has 2 heterocycles. The molecule has 1 atom stereocenters. The van der Waals surface area contributed by atoms with Crippen molar-refractivity contribution < 1.29 is 27.4 Å². The lowest BCUT2D eigenvalue weighted by Gasteiger charge is -2.28. The molecule has 2 rings (SSSR count). The van der Waals surface area contributed by atoms with Gasteiger partial charge in [0.2, 0.25) is 0 Å². The minimum Gasteiger partial charge on any atom is -0.447 e. The molecule has 0 aromatic carbocycles. The Hall–Kier alpha value is -1.48. The van der Waals surface area contributed by atoms with Crippen molar-refractivity contribution in [3.05, 3.63) is 11.8 Å². The molecule has 0 aromatic heterocycles. The van der Waals surface area contributed by atoms with Gasteiger partial charge in [-0.1, -0.05) is 0 Å². The molecule has 2 N–H and O–H groups in total. The number of rotatable bonds is 4. The largest absolute Gasteiger partial charge is 0.447 e. The summed E-state index contributed by atoms with van der Waals surface area (Å²) in [5, 5.41) is 6.29. The fraction of sp³-hybridized carbons (Fsp3) is 0.727. The molecule has 2 aliphatic rings. The van der Waals surface area contributed by atoms with Crippen molar-refractivity contribution in [1.82, 2.24) is 15.5 Å². The average Bonchev–Trinajstić information content (AvgIpc) is 2.83. The third kappa shape index (κ3) is 4.27. The minimum absolute atomic E-state index is 0.0674. The normalized spacial score (nSPS) is 22.1. The SMILES string of the molecule is O=C(OCCOCC(F)(F)F)N1CC=C2NCNC2C1. The molecule has 2 aliphatic heterocycles. The van der Waals surface area contributed by atoms with Crippen LogP contribution in [-0.2, 0) is 9.47 Å². The van der Waals surface area contributed by atoms with E-state index in [1.165, 1.54) is 4.90 Å². The molecule has 20 heavy (non-hydrogen) atoms. The van der Waals surface area contributed by atoms with Gasteiger partial charge in [-0.3, -0.25) is 5.32 Å². The van der Waals surface area contributed by atoms with Gasteiger partial charge in [0.25, 0.3) is 0 Å². The van der Waals surface area contributed by atoms with E-state index in [-0.39, 0.29) is 19.3 Å². The van der Waals surface area contributed by atoms with Gasteiger partial charge in [0, 0.05) is 18.8 Å². The Kier molecular flexibility index (Phi) is 4.71. The van der Waals surface area contributed by atoms with Crippen molar-refractivity contribution in [2.24, 2.45) is 0 Å². The Labute approximate surface area is 113 Å². The van der Waals surface area contributed by atoms with E-state index in [1.807, 2.05) is 6.08 Å². The van der Waals surface area contributed by atoms with Gasteiger partial charge in [-0.05, 0) is 6.08 Å². The summed E-state index contributed by atoms with van der Waals surface area (Å²) >= 11 is 0. The molecule has 9 heteroatoms. The second-order valence-electron chi connectivity index (χ2n) is 4.46. The van der Waals surface area contributed by atoms with Crippen LogP contribution in [0.1, 0.15) is 0 Å². The molecule has 0 saturated carbocycles. The number of fused-ring (bicyclic) bond motifs is 1. The Balaban J connectivity index is 1.63. The monoisotopic (exact) mass is 295 g/mol. The van der Waals surface area contributed by atoms with E-state index >= 15 is 0 Å². The summed E-state index contributed by atoms with van der Waals surface area (Å²) < 4.78 is 44.6. The van der Waals surface area contributed by atoms with Gasteiger partial charge in [-0.15, -0.1) is 0 Å². The first-order valence-electron chi connectivity index (χ1n) is 6.19. The van der Waals surface area contributed by atoms with E-state index in [9.17, 15) is 18.0 Å². The van der Waals surface area contributed by atoms with E-state index < -0.39 is 18.9 Å². The van der Waals surface area contributed by atoms with Crippen LogP contribution in [0, 0.1) is 0 Å². The van der Waals surface area contributed by atoms with Crippen LogP contribution in [0.5, 0.6) is 0 Å². The number of hydrogen-bond donors (Lipinski definition) is 2. The molecule has 1 amide bonds. The smallest absolute Gasteiger partial charge is 0.411 e. The number of hydrogen-bond acceptors (Lipinski definition) is 5. The predicted octanol–water partition coefficient (Wildman–Crippen LogP) is 0.420. The number of nitrogens with one attached hydrogen (secondary N) is 2. The number of halogens is 3. The number of amides is 1. The Bertz CT molecular complexity index is 387. The first kappa shape index (κ1) is 14.9. The second-order valence-corrected chi connectivity index (χ2v) is 4.46. The highest BCUT2D eigenvalue weighted by molar-refractivity contribution is 5.68. The van der Waals surface area contributed by atoms with Crippen molar-refractivity contribution in [2.75, 3.05) is 39.6 Å². The van der Waals surface area contributed by atoms with Crippen molar-refractivity contribution in [2.45, 2.75) is 12.2 Å². The van der Waals surface area contributed by atoms with E-state index in [0.717, 1.165) is 5.70 Å². The van der Waals surface area contributed by atoms with Gasteiger partial charge < -0.3 is 19.7 Å². The van der Waals surface area contributed by atoms with Gasteiger partial charge in [0.15, 0.2) is 0 Å². The van der Waals surface area contributed by atoms with Crippen LogP contribution in [0.4, 0.5) is 18.0 Å². The topological polar surface area (TPSA) is 62.8 Å². The molecule has 1 saturated heterocycles. The summed E-state index contributed by atoms with van der Waals surface area (Å²) in [7, 11) is 0. The Morgan fingerprint density at radius 2 is 2.25 bits per heavy atom. The third-order valence-corrected chi connectivity index (χ3v) is 2.93. The molecule has 6 nitrogen and oxygen atoms in total. The molecule has 0 spiro atoms. The highest BCUT2D eigenvalue weighted by Crippen LogP contribution is 2.15. The molecule has 0 radical (unpaired) electrons. The van der Waals surface area contributed by atoms with Gasteiger partial charge in [0.05, 0.1) is 19.3 Å². The molecule has 114 valence electrons. The van der Waals surface area contributed by atoms with Crippen molar-refractivity contribution >= 4 is 6.09 Å². The van der Waals surface area contributed by atoms with Crippen LogP contribution in [0.3, 0.4) is 0 Å². The Morgan fingerprint density at radius 3 is 3.00 bits per heavy atom. The average molecular weight is 295 g/mol. The number of alkyl halides is 3. The minimum atomic E-state index is -4.36. The lowest BCUT2D eigenvalue weighted by Crippen LogP contribution is -2.45. The first-order chi connectivity index (χ1) is 9.46. The maximum absolute atomic E-state index is 11.8. The highest BCUT2D eigenvalue weighted by atomic mass is 19.4. The maximum atomic E-state index is 11.8. The van der Waals surface area contributed by atoms with Crippen LogP contribution >= 0.6 is 0 Å². The van der Waals surface area contributed by atoms with Gasteiger partial charge in [-0.25, -0.2) is 4.79 Å². The predicted molar refractivity (Wildman–Crippen MR) is 62.8 cm³/mol. The molecule has 1 fully saturated rings. The number of nitrogens with zero attached hydrogens (tertiary/aromatic N) is 1. The summed E-state index contributed by atoms with van der Waals surface area (Å²) in [4.78, 5) is 13.2. The summed E-state index contributed by atoms with van der Waals surface area (Å²) in [5.41, 5.74) is 1.06. The zero-order chi connectivity index (χ0) is 14.6. The van der Waals surface area contributed by atoms with E-state index in [1.54, 1.807) is 0 Å². The lowest BCUT2D eigenvalue weighted by atomic mass is 10.1. The fourth-order valence-electron chi connectivity index (χ4n) is 2.01. The quantitative estimate of drug-likeness (QED) is 0.736. The molecular formula is C11H16F3N3O3. The van der Waals surface area contributed by atoms with Gasteiger partial charge >= 0.3 is 12.3 Å². The summed E-state index contributed by atoms with van der Waals surface area (Å²) in [6, 6.07) is 0.0674. The Morgan fingerprint density at radius 1 is 1.45 bits per heavy atom. The van der Waals surface area contributed by atoms with Crippen molar-refractivity contribution in [1.29, 1.82) is 0 Å². The van der Waals surface area contributed by atoms with Gasteiger partial charge in [0.1, 0.15) is 13.2 Å². The second kappa shape index (κ2) is 6.31. The van der Waals surface area contributed by atoms with E-state index in [2.05, 4.69) is 15.4 Å². The van der Waals surface area contributed by atoms with Crippen molar-refractivity contribution in [3.8, 4) is 0 Å². The van der Waals surface area contributed by atoms with Crippen molar-refractivity contribution in [3.63, 3.8) is 0 Å². The molecule has 0 aromatic rings. The van der Waals surface area contributed by atoms with Crippen LogP contribution in [0.15, 0.2) is 11.8 Å². The maximum Gasteiger partial charge on any atom is 0.411 e. The summed E-state index contributed by atoms with van der Waals surface area (Å²) in [5.74, 6) is 0. The molecule has 1 unspecified atom stereocenters. The number of carbonyl (C=O) groups excluding carboxylic acids is 1. The van der Waals surface area contributed by atoms with Crippen LogP contribution < -0.4 is 10.6 Å². The third-order valence-electron chi connectivity index (χ3n) is 2.93. The highest BCUT2D eigenvalue weighted by Gasteiger charge is 2.29. The number of ether oxygens (including phenoxy) is 2. The standard InChI is InChI=1S/C11H16F3N3O3/c12-11(13,14)6-19-3-4-20-10(18)17-2-1-8-9(5-17)16-7-15-8/h1,9,15-16H,2-7H2. The van der Waals surface area contributed by atoms with Crippen LogP contribution in [0.25, 0.3) is 0 Å². The summed E-state index contributed by atoms with van der Waals surface area (Å²) in [6.45, 7) is -0.256. The van der Waals surface area contributed by atoms with E-state index in [4.69, 9.17) is 4.74 Å². The summed E-state index contributed by atoms with van der Waals surface area (Å²) in [6.07, 6.45) is -3.03. The number of carbonyl (C=O) groups is 1. The molecule has 0 aliphatic carbocycles. The lowest BCUT2D eigenvalue weighted by molar-refractivity contribution is -0.175. The van der Waals surface area contributed by atoms with E-state index in [0.29, 0.717) is 19.8 Å². The van der Waals surface area contributed by atoms with Gasteiger partial charge in [-0.2, -0.15) is 13.2 Å². The van der Waals surface area contributed by atoms with Crippen LogP contribution in [-0.4, -0.2) is 62.8 Å².